The molecular formula is C68H130O6. The second-order valence-corrected chi connectivity index (χ2v) is 24.2. The molecule has 1 rings (SSSR count). The Morgan fingerprint density at radius 1 is 0.351 bits per heavy atom. The number of aliphatic hydroxyl groups is 2. The van der Waals surface area contributed by atoms with Gasteiger partial charge in [0.2, 0.25) is 0 Å². The van der Waals surface area contributed by atoms with Crippen molar-refractivity contribution in [3.63, 3.8) is 0 Å². The van der Waals surface area contributed by atoms with Crippen LogP contribution in [0.15, 0.2) is 12.2 Å². The summed E-state index contributed by atoms with van der Waals surface area (Å²) in [5, 5.41) is 19.2. The van der Waals surface area contributed by atoms with Gasteiger partial charge >= 0.3 is 11.9 Å². The summed E-state index contributed by atoms with van der Waals surface area (Å²) in [4.78, 5) is 24.8. The molecule has 0 saturated carbocycles. The smallest absolute Gasteiger partial charge is 0.309 e. The van der Waals surface area contributed by atoms with Crippen molar-refractivity contribution in [2.75, 3.05) is 26.4 Å². The van der Waals surface area contributed by atoms with Gasteiger partial charge in [0, 0.05) is 0 Å². The van der Waals surface area contributed by atoms with Crippen LogP contribution in [0.3, 0.4) is 0 Å². The van der Waals surface area contributed by atoms with Crippen molar-refractivity contribution in [1.29, 1.82) is 0 Å². The minimum absolute atomic E-state index is 0.00484. The summed E-state index contributed by atoms with van der Waals surface area (Å²) in [5.41, 5.74) is -1.12. The first-order valence-electron chi connectivity index (χ1n) is 33.8. The van der Waals surface area contributed by atoms with Crippen LogP contribution in [-0.4, -0.2) is 48.6 Å². The van der Waals surface area contributed by atoms with Crippen LogP contribution in [0.5, 0.6) is 0 Å². The number of cyclic esters (lactones) is 2. The highest BCUT2D eigenvalue weighted by Gasteiger charge is 2.36. The fraction of sp³-hybridized carbons (Fsp3) is 0.941. The average molecular weight is 1040 g/mol. The van der Waals surface area contributed by atoms with Gasteiger partial charge in [-0.15, -0.1) is 0 Å². The molecule has 0 bridgehead atoms. The minimum atomic E-state index is -1.12. The normalized spacial score (nSPS) is 15.1. The molecule has 0 aromatic rings. The maximum atomic E-state index is 12.6. The highest BCUT2D eigenvalue weighted by atomic mass is 16.6. The fourth-order valence-electron chi connectivity index (χ4n) is 11.3. The van der Waals surface area contributed by atoms with E-state index in [9.17, 15) is 19.8 Å². The van der Waals surface area contributed by atoms with Crippen LogP contribution in [0.4, 0.5) is 0 Å². The second-order valence-electron chi connectivity index (χ2n) is 24.2. The van der Waals surface area contributed by atoms with Gasteiger partial charge in [-0.25, -0.2) is 0 Å². The highest BCUT2D eigenvalue weighted by Crippen LogP contribution is 2.25. The Hall–Kier alpha value is -1.40. The van der Waals surface area contributed by atoms with Gasteiger partial charge in [-0.2, -0.15) is 0 Å². The van der Waals surface area contributed by atoms with Crippen molar-refractivity contribution in [1.82, 2.24) is 0 Å². The van der Waals surface area contributed by atoms with E-state index in [1.54, 1.807) is 0 Å². The lowest BCUT2D eigenvalue weighted by molar-refractivity contribution is -0.155. The van der Waals surface area contributed by atoms with Crippen LogP contribution >= 0.6 is 0 Å². The SMILES string of the molecule is CCCCCCCCCCCCCCCCCCCCCCCC/C=C/CCCCCCCCCCCCCCCCCCCCCCCCCCCCCCCCCC1CC(=O)OCC(CO)(CO)COC1=O. The number of carbonyl (C=O) groups is 2. The number of rotatable bonds is 59. The predicted octanol–water partition coefficient (Wildman–Crippen LogP) is 21.5. The molecule has 438 valence electrons. The van der Waals surface area contributed by atoms with Gasteiger partial charge in [0.15, 0.2) is 0 Å². The van der Waals surface area contributed by atoms with Crippen molar-refractivity contribution in [3.8, 4) is 0 Å². The number of carbonyl (C=O) groups excluding carboxylic acids is 2. The second kappa shape index (κ2) is 57.8. The van der Waals surface area contributed by atoms with Gasteiger partial charge in [0.05, 0.1) is 31.0 Å². The van der Waals surface area contributed by atoms with E-state index in [2.05, 4.69) is 19.1 Å². The Balaban J connectivity index is 1.67. The first kappa shape index (κ1) is 70.6. The molecule has 1 heterocycles. The Morgan fingerprint density at radius 2 is 0.581 bits per heavy atom. The van der Waals surface area contributed by atoms with Crippen molar-refractivity contribution in [2.24, 2.45) is 11.3 Å². The quantitative estimate of drug-likeness (QED) is 0.0358. The monoisotopic (exact) mass is 1040 g/mol. The first-order valence-corrected chi connectivity index (χ1v) is 33.8. The third-order valence-corrected chi connectivity index (χ3v) is 16.8. The Labute approximate surface area is 462 Å². The third kappa shape index (κ3) is 48.9. The zero-order valence-corrected chi connectivity index (χ0v) is 49.9. The van der Waals surface area contributed by atoms with Gasteiger partial charge in [0.1, 0.15) is 13.2 Å². The van der Waals surface area contributed by atoms with Crippen LogP contribution < -0.4 is 0 Å². The summed E-state index contributed by atoms with van der Waals surface area (Å²) in [5.74, 6) is -1.40. The molecule has 0 amide bonds. The highest BCUT2D eigenvalue weighted by molar-refractivity contribution is 5.80. The largest absolute Gasteiger partial charge is 0.465 e. The van der Waals surface area contributed by atoms with Gasteiger partial charge in [-0.05, 0) is 32.1 Å². The van der Waals surface area contributed by atoms with Crippen molar-refractivity contribution >= 4 is 11.9 Å². The fourth-order valence-corrected chi connectivity index (χ4v) is 11.3. The minimum Gasteiger partial charge on any atom is -0.465 e. The van der Waals surface area contributed by atoms with Crippen LogP contribution in [-0.2, 0) is 19.1 Å². The van der Waals surface area contributed by atoms with Crippen LogP contribution in [0.1, 0.15) is 373 Å². The summed E-state index contributed by atoms with van der Waals surface area (Å²) in [6.45, 7) is 1.21. The zero-order chi connectivity index (χ0) is 53.2. The lowest BCUT2D eigenvalue weighted by atomic mass is 9.92. The molecule has 0 radical (unpaired) electrons. The van der Waals surface area contributed by atoms with E-state index in [1.807, 2.05) is 0 Å². The summed E-state index contributed by atoms with van der Waals surface area (Å²) < 4.78 is 10.6. The van der Waals surface area contributed by atoms with Gasteiger partial charge in [-0.3, -0.25) is 9.59 Å². The molecule has 1 saturated heterocycles. The summed E-state index contributed by atoms with van der Waals surface area (Å²) in [6, 6.07) is 0. The molecule has 1 aliphatic rings. The van der Waals surface area contributed by atoms with Crippen molar-refractivity contribution in [3.05, 3.63) is 12.2 Å². The molecule has 0 aliphatic carbocycles. The molecule has 0 aromatic heterocycles. The van der Waals surface area contributed by atoms with Crippen molar-refractivity contribution in [2.45, 2.75) is 373 Å². The topological polar surface area (TPSA) is 93.1 Å². The summed E-state index contributed by atoms with van der Waals surface area (Å²) in [7, 11) is 0. The number of aliphatic hydroxyl groups excluding tert-OH is 2. The van der Waals surface area contributed by atoms with Crippen molar-refractivity contribution < 1.29 is 29.3 Å². The van der Waals surface area contributed by atoms with E-state index in [1.165, 1.54) is 334 Å². The number of ether oxygens (including phenoxy) is 2. The number of allylic oxidation sites excluding steroid dienone is 2. The standard InChI is InChI=1S/C68H130O6/c1-2-3-4-5-6-7-8-9-10-11-12-13-14-15-16-17-18-19-20-21-22-23-24-25-26-27-28-29-30-31-32-33-34-35-36-37-38-39-40-41-42-43-44-45-46-47-48-49-50-51-52-53-54-55-56-57-58-59-65-60-66(71)73-63-68(61-69,62-70)64-74-67(65)72/h25-26,65,69-70H,2-24,27-64H2,1H3/b26-25+. The number of unbranched alkanes of at least 4 members (excludes halogenated alkanes) is 53. The van der Waals surface area contributed by atoms with Gasteiger partial charge in [-0.1, -0.05) is 347 Å². The van der Waals surface area contributed by atoms with E-state index >= 15 is 0 Å². The number of hydrogen-bond acceptors (Lipinski definition) is 6. The van der Waals surface area contributed by atoms with Crippen LogP contribution in [0, 0.1) is 11.3 Å². The zero-order valence-electron chi connectivity index (χ0n) is 49.9. The third-order valence-electron chi connectivity index (χ3n) is 16.8. The maximum Gasteiger partial charge on any atom is 0.309 e. The molecule has 1 fully saturated rings. The lowest BCUT2D eigenvalue weighted by Gasteiger charge is -2.27. The molecule has 0 spiro atoms. The van der Waals surface area contributed by atoms with E-state index in [4.69, 9.17) is 9.47 Å². The molecular weight excluding hydrogens is 913 g/mol. The van der Waals surface area contributed by atoms with Crippen LogP contribution in [0.25, 0.3) is 0 Å². The molecule has 2 N–H and O–H groups in total. The molecule has 1 atom stereocenters. The Kier molecular flexibility index (Phi) is 55.1. The van der Waals surface area contributed by atoms with E-state index in [0.717, 1.165) is 19.3 Å². The lowest BCUT2D eigenvalue weighted by Crippen LogP contribution is -2.40. The molecule has 6 heteroatoms. The van der Waals surface area contributed by atoms with Crippen LogP contribution in [0.2, 0.25) is 0 Å². The molecule has 1 aliphatic heterocycles. The molecule has 74 heavy (non-hydrogen) atoms. The van der Waals surface area contributed by atoms with Gasteiger partial charge in [0.25, 0.3) is 0 Å². The van der Waals surface area contributed by atoms with E-state index in [-0.39, 0.29) is 19.6 Å². The summed E-state index contributed by atoms with van der Waals surface area (Å²) >= 11 is 0. The predicted molar refractivity (Wildman–Crippen MR) is 320 cm³/mol. The summed E-state index contributed by atoms with van der Waals surface area (Å²) in [6.07, 6.45) is 83.1. The van der Waals surface area contributed by atoms with E-state index < -0.39 is 36.5 Å². The van der Waals surface area contributed by atoms with Gasteiger partial charge < -0.3 is 19.7 Å². The number of esters is 2. The van der Waals surface area contributed by atoms with E-state index in [0.29, 0.717) is 6.42 Å². The molecule has 0 aromatic carbocycles. The Morgan fingerprint density at radius 3 is 0.838 bits per heavy atom. The molecule has 6 nitrogen and oxygen atoms in total. The maximum absolute atomic E-state index is 12.6. The first-order chi connectivity index (χ1) is 36.6. The Bertz CT molecular complexity index is 1160. The number of hydrogen-bond donors (Lipinski definition) is 2. The average Bonchev–Trinajstić information content (AvgIpc) is 3.47. The molecule has 1 unspecified atom stereocenters.